The molecule has 0 radical (unpaired) electrons. The molecule has 0 amide bonds. The van der Waals surface area contributed by atoms with Crippen molar-refractivity contribution in [3.8, 4) is 0 Å². The number of carboxylic acids is 1. The summed E-state index contributed by atoms with van der Waals surface area (Å²) in [6.45, 7) is 3.75. The molecule has 1 aliphatic carbocycles. The van der Waals surface area contributed by atoms with Gasteiger partial charge in [-0.25, -0.2) is 0 Å². The Morgan fingerprint density at radius 3 is 2.56 bits per heavy atom. The van der Waals surface area contributed by atoms with Crippen LogP contribution in [-0.4, -0.2) is 16.0 Å². The summed E-state index contributed by atoms with van der Waals surface area (Å²) >= 11 is 1.07. The Morgan fingerprint density at radius 1 is 1.56 bits per heavy atom. The topological polar surface area (TPSA) is 80.4 Å². The van der Waals surface area contributed by atoms with Crippen molar-refractivity contribution >= 4 is 22.3 Å². The highest BCUT2D eigenvalue weighted by atomic mass is 32.1. The number of nitrogens with zero attached hydrogens (tertiary/aromatic N) is 1. The van der Waals surface area contributed by atoms with Crippen molar-refractivity contribution in [2.24, 2.45) is 11.3 Å². The van der Waals surface area contributed by atoms with Gasteiger partial charge in [-0.3, -0.25) is 14.9 Å². The molecule has 1 N–H and O–H groups in total. The fourth-order valence-corrected chi connectivity index (χ4v) is 3.39. The smallest absolute Gasteiger partial charge is 0.324 e. The van der Waals surface area contributed by atoms with Gasteiger partial charge in [-0.2, -0.15) is 0 Å². The van der Waals surface area contributed by atoms with Crippen LogP contribution in [0.4, 0.5) is 5.00 Å². The van der Waals surface area contributed by atoms with E-state index >= 15 is 0 Å². The third kappa shape index (κ3) is 1.49. The molecule has 16 heavy (non-hydrogen) atoms. The Kier molecular flexibility index (Phi) is 2.27. The van der Waals surface area contributed by atoms with Gasteiger partial charge >= 0.3 is 11.0 Å². The van der Waals surface area contributed by atoms with E-state index in [1.165, 1.54) is 6.07 Å². The highest BCUT2D eigenvalue weighted by Gasteiger charge is 2.63. The van der Waals surface area contributed by atoms with Crippen molar-refractivity contribution in [3.63, 3.8) is 0 Å². The van der Waals surface area contributed by atoms with E-state index in [0.717, 1.165) is 16.2 Å². The van der Waals surface area contributed by atoms with Crippen LogP contribution < -0.4 is 0 Å². The minimum absolute atomic E-state index is 0.0711. The zero-order valence-electron chi connectivity index (χ0n) is 8.84. The second-order valence-electron chi connectivity index (χ2n) is 4.55. The van der Waals surface area contributed by atoms with E-state index in [1.54, 1.807) is 6.07 Å². The van der Waals surface area contributed by atoms with Crippen LogP contribution in [0.1, 0.15) is 24.6 Å². The summed E-state index contributed by atoms with van der Waals surface area (Å²) in [6, 6.07) is 3.10. The summed E-state index contributed by atoms with van der Waals surface area (Å²) in [5.74, 6) is -1.35. The van der Waals surface area contributed by atoms with Crippen molar-refractivity contribution in [3.05, 3.63) is 27.1 Å². The van der Waals surface area contributed by atoms with Crippen LogP contribution in [0.3, 0.4) is 0 Å². The molecule has 1 saturated carbocycles. The third-order valence-corrected chi connectivity index (χ3v) is 4.31. The molecular formula is C10H11NO4S. The molecule has 1 fully saturated rings. The predicted octanol–water partition coefficient (Wildman–Crippen LogP) is 2.48. The maximum Gasteiger partial charge on any atom is 0.324 e. The van der Waals surface area contributed by atoms with E-state index in [4.69, 9.17) is 5.11 Å². The molecule has 0 bridgehead atoms. The third-order valence-electron chi connectivity index (χ3n) is 3.19. The van der Waals surface area contributed by atoms with Gasteiger partial charge in [0, 0.05) is 16.9 Å². The first kappa shape index (κ1) is 11.1. The molecular weight excluding hydrogens is 230 g/mol. The lowest BCUT2D eigenvalue weighted by Crippen LogP contribution is -2.02. The van der Waals surface area contributed by atoms with Crippen LogP contribution >= 0.6 is 11.3 Å². The number of thiophene rings is 1. The van der Waals surface area contributed by atoms with Crippen LogP contribution in [-0.2, 0) is 4.79 Å². The van der Waals surface area contributed by atoms with Gasteiger partial charge in [-0.15, -0.1) is 0 Å². The molecule has 2 unspecified atom stereocenters. The maximum absolute atomic E-state index is 11.0. The van der Waals surface area contributed by atoms with Gasteiger partial charge in [0.25, 0.3) is 0 Å². The first-order valence-corrected chi connectivity index (χ1v) is 5.64. The molecule has 2 rings (SSSR count). The lowest BCUT2D eigenvalue weighted by molar-refractivity contribution is -0.380. The van der Waals surface area contributed by atoms with Crippen LogP contribution in [0.5, 0.6) is 0 Å². The fourth-order valence-electron chi connectivity index (χ4n) is 2.24. The number of nitro groups is 1. The van der Waals surface area contributed by atoms with Gasteiger partial charge in [0.15, 0.2) is 0 Å². The van der Waals surface area contributed by atoms with Crippen LogP contribution in [0.25, 0.3) is 0 Å². The molecule has 0 spiro atoms. The second kappa shape index (κ2) is 3.28. The molecule has 86 valence electrons. The van der Waals surface area contributed by atoms with Crippen LogP contribution in [0, 0.1) is 21.4 Å². The SMILES string of the molecule is CC1(C)C(C(=O)O)C1c1ccc([N+](=O)[O-])s1. The number of hydrogen-bond donors (Lipinski definition) is 1. The zero-order valence-corrected chi connectivity index (χ0v) is 9.65. The molecule has 0 aromatic carbocycles. The van der Waals surface area contributed by atoms with E-state index in [1.807, 2.05) is 13.8 Å². The van der Waals surface area contributed by atoms with Gasteiger partial charge in [-0.1, -0.05) is 25.2 Å². The van der Waals surface area contributed by atoms with Crippen LogP contribution in [0.2, 0.25) is 0 Å². The van der Waals surface area contributed by atoms with Gasteiger partial charge in [0.05, 0.1) is 10.8 Å². The summed E-state index contributed by atoms with van der Waals surface area (Å²) in [6.07, 6.45) is 0. The first-order valence-electron chi connectivity index (χ1n) is 4.82. The summed E-state index contributed by atoms with van der Waals surface area (Å²) in [5.41, 5.74) is -0.301. The molecule has 2 atom stereocenters. The van der Waals surface area contributed by atoms with Crippen molar-refractivity contribution in [1.82, 2.24) is 0 Å². The Labute approximate surface area is 95.9 Å². The van der Waals surface area contributed by atoms with Crippen LogP contribution in [0.15, 0.2) is 12.1 Å². The standard InChI is InChI=1S/C10H11NO4S/c1-10(2)7(8(10)9(12)13)5-3-4-6(16-5)11(14)15/h3-4,7-8H,1-2H3,(H,12,13). The largest absolute Gasteiger partial charge is 0.481 e. The molecule has 1 aliphatic rings. The molecule has 1 aromatic heterocycles. The first-order chi connectivity index (χ1) is 7.35. The highest BCUT2D eigenvalue weighted by molar-refractivity contribution is 7.15. The normalized spacial score (nSPS) is 26.4. The molecule has 5 nitrogen and oxygen atoms in total. The van der Waals surface area contributed by atoms with E-state index in [0.29, 0.717) is 0 Å². The Hall–Kier alpha value is -1.43. The number of carboxylic acid groups (broad SMARTS) is 1. The second-order valence-corrected chi connectivity index (χ2v) is 5.64. The lowest BCUT2D eigenvalue weighted by atomic mass is 10.1. The molecule has 6 heteroatoms. The average molecular weight is 241 g/mol. The quantitative estimate of drug-likeness (QED) is 0.651. The minimum Gasteiger partial charge on any atom is -0.481 e. The maximum atomic E-state index is 11.0. The monoisotopic (exact) mass is 241 g/mol. The average Bonchev–Trinajstić information content (AvgIpc) is 2.60. The summed E-state index contributed by atoms with van der Waals surface area (Å²) in [4.78, 5) is 21.9. The van der Waals surface area contributed by atoms with Crippen molar-refractivity contribution < 1.29 is 14.8 Å². The van der Waals surface area contributed by atoms with E-state index < -0.39 is 16.8 Å². The van der Waals surface area contributed by atoms with Crippen molar-refractivity contribution in [1.29, 1.82) is 0 Å². The molecule has 0 aliphatic heterocycles. The Morgan fingerprint density at radius 2 is 2.19 bits per heavy atom. The number of carbonyl (C=O) groups is 1. The van der Waals surface area contributed by atoms with Crippen molar-refractivity contribution in [2.75, 3.05) is 0 Å². The van der Waals surface area contributed by atoms with Gasteiger partial charge in [0.1, 0.15) is 0 Å². The molecule has 1 heterocycles. The highest BCUT2D eigenvalue weighted by Crippen LogP contribution is 2.65. The van der Waals surface area contributed by atoms with Crippen molar-refractivity contribution in [2.45, 2.75) is 19.8 Å². The fraction of sp³-hybridized carbons (Fsp3) is 0.500. The van der Waals surface area contributed by atoms with Gasteiger partial charge in [0.2, 0.25) is 0 Å². The van der Waals surface area contributed by atoms with E-state index in [-0.39, 0.29) is 16.3 Å². The zero-order chi connectivity index (χ0) is 12.1. The van der Waals surface area contributed by atoms with E-state index in [9.17, 15) is 14.9 Å². The molecule has 1 aromatic rings. The molecule has 0 saturated heterocycles. The Bertz CT molecular complexity index is 465. The predicted molar refractivity (Wildman–Crippen MR) is 58.6 cm³/mol. The number of aliphatic carboxylic acids is 1. The summed E-state index contributed by atoms with van der Waals surface area (Å²) in [7, 11) is 0. The summed E-state index contributed by atoms with van der Waals surface area (Å²) < 4.78 is 0. The van der Waals surface area contributed by atoms with Gasteiger partial charge in [-0.05, 0) is 11.5 Å². The van der Waals surface area contributed by atoms with E-state index in [2.05, 4.69) is 0 Å². The lowest BCUT2D eigenvalue weighted by Gasteiger charge is -1.97. The Balaban J connectivity index is 2.27. The minimum atomic E-state index is -0.828. The number of hydrogen-bond acceptors (Lipinski definition) is 4. The van der Waals surface area contributed by atoms with Gasteiger partial charge < -0.3 is 5.11 Å². The summed E-state index contributed by atoms with van der Waals surface area (Å²) in [5, 5.41) is 19.6. The number of rotatable bonds is 3.